The summed E-state index contributed by atoms with van der Waals surface area (Å²) < 4.78 is 11.0. The van der Waals surface area contributed by atoms with Crippen molar-refractivity contribution in [2.75, 3.05) is 6.61 Å². The van der Waals surface area contributed by atoms with Crippen LogP contribution in [0.4, 0.5) is 0 Å². The fourth-order valence-electron chi connectivity index (χ4n) is 2.42. The highest BCUT2D eigenvalue weighted by molar-refractivity contribution is 9.09. The number of alkyl halides is 1. The maximum absolute atomic E-state index is 12.0. The predicted molar refractivity (Wildman–Crippen MR) is 94.0 cm³/mol. The van der Waals surface area contributed by atoms with Crippen molar-refractivity contribution in [2.45, 2.75) is 18.2 Å². The van der Waals surface area contributed by atoms with Crippen LogP contribution in [-0.2, 0) is 4.74 Å². The van der Waals surface area contributed by atoms with Crippen molar-refractivity contribution < 1.29 is 13.9 Å². The summed E-state index contributed by atoms with van der Waals surface area (Å²) in [4.78, 5) is 12.0. The second-order valence-corrected chi connectivity index (χ2v) is 6.55. The number of furan rings is 1. The van der Waals surface area contributed by atoms with E-state index in [1.54, 1.807) is 18.4 Å². The molecule has 3 aromatic rings. The average Bonchev–Trinajstić information content (AvgIpc) is 2.99. The number of carbonyl (C=O) groups is 1. The topological polar surface area (TPSA) is 39.4 Å². The molecule has 0 saturated heterocycles. The van der Waals surface area contributed by atoms with E-state index in [0.717, 1.165) is 22.1 Å². The van der Waals surface area contributed by atoms with Gasteiger partial charge in [0.25, 0.3) is 0 Å². The third-order valence-electron chi connectivity index (χ3n) is 3.72. The summed E-state index contributed by atoms with van der Waals surface area (Å²) >= 11 is 3.62. The van der Waals surface area contributed by atoms with Gasteiger partial charge in [-0.1, -0.05) is 57.9 Å². The van der Waals surface area contributed by atoms with Crippen molar-refractivity contribution in [1.29, 1.82) is 0 Å². The summed E-state index contributed by atoms with van der Waals surface area (Å²) in [6.45, 7) is 2.32. The molecule has 1 heterocycles. The van der Waals surface area contributed by atoms with Crippen LogP contribution in [0, 0.1) is 6.92 Å². The Kier molecular flexibility index (Phi) is 4.82. The molecule has 0 bridgehead atoms. The van der Waals surface area contributed by atoms with Crippen LogP contribution in [0.2, 0.25) is 0 Å². The number of aryl methyl sites for hydroxylation is 1. The lowest BCUT2D eigenvalue weighted by atomic mass is 10.1. The second kappa shape index (κ2) is 7.01. The van der Waals surface area contributed by atoms with E-state index in [2.05, 4.69) is 15.9 Å². The van der Waals surface area contributed by atoms with E-state index in [1.807, 2.05) is 43.3 Å². The van der Waals surface area contributed by atoms with Gasteiger partial charge < -0.3 is 9.15 Å². The largest absolute Gasteiger partial charge is 0.467 e. The number of fused-ring (bicyclic) bond motifs is 1. The Bertz CT molecular complexity index is 805. The van der Waals surface area contributed by atoms with Gasteiger partial charge in [0.15, 0.2) is 0 Å². The van der Waals surface area contributed by atoms with Gasteiger partial charge in [-0.3, -0.25) is 0 Å². The maximum atomic E-state index is 12.0. The van der Waals surface area contributed by atoms with Crippen LogP contribution < -0.4 is 0 Å². The predicted octanol–water partition coefficient (Wildman–Crippen LogP) is 5.42. The molecule has 1 unspecified atom stereocenters. The van der Waals surface area contributed by atoms with Gasteiger partial charge in [-0.25, -0.2) is 4.79 Å². The van der Waals surface area contributed by atoms with E-state index in [4.69, 9.17) is 9.15 Å². The number of carbonyl (C=O) groups excluding carboxylic acids is 1. The highest BCUT2D eigenvalue weighted by Gasteiger charge is 2.16. The zero-order chi connectivity index (χ0) is 16.2. The number of esters is 1. The number of benzene rings is 2. The quantitative estimate of drug-likeness (QED) is 0.443. The van der Waals surface area contributed by atoms with Gasteiger partial charge >= 0.3 is 5.97 Å². The average molecular weight is 373 g/mol. The molecule has 3 nitrogen and oxygen atoms in total. The normalized spacial score (nSPS) is 12.3. The lowest BCUT2D eigenvalue weighted by Gasteiger charge is -2.09. The molecular weight excluding hydrogens is 356 g/mol. The van der Waals surface area contributed by atoms with E-state index in [9.17, 15) is 4.79 Å². The Balaban J connectivity index is 1.58. The third kappa shape index (κ3) is 3.64. The summed E-state index contributed by atoms with van der Waals surface area (Å²) in [5, 5.41) is 2.16. The molecule has 0 fully saturated rings. The summed E-state index contributed by atoms with van der Waals surface area (Å²) in [6.07, 6.45) is 2.40. The minimum Gasteiger partial charge on any atom is -0.467 e. The van der Waals surface area contributed by atoms with Gasteiger partial charge in [0.2, 0.25) is 0 Å². The number of rotatable bonds is 5. The molecular formula is C19H17BrO3. The SMILES string of the molecule is Cc1ccc(C(=O)OCCC(Br)c2occ3ccccc23)cc1. The Labute approximate surface area is 143 Å². The van der Waals surface area contributed by atoms with E-state index in [-0.39, 0.29) is 10.8 Å². The molecule has 0 spiro atoms. The van der Waals surface area contributed by atoms with Gasteiger partial charge in [0, 0.05) is 17.2 Å². The highest BCUT2D eigenvalue weighted by atomic mass is 79.9. The standard InChI is InChI=1S/C19H17BrO3/c1-13-6-8-14(9-7-13)19(21)22-11-10-17(20)18-16-5-3-2-4-15(16)12-23-18/h2-9,12,17H,10-11H2,1H3. The number of ether oxygens (including phenoxy) is 1. The molecule has 3 rings (SSSR count). The number of halogens is 1. The Morgan fingerprint density at radius 2 is 1.91 bits per heavy atom. The molecule has 23 heavy (non-hydrogen) atoms. The van der Waals surface area contributed by atoms with Gasteiger partial charge in [-0.05, 0) is 19.1 Å². The molecule has 0 aliphatic heterocycles. The first-order valence-corrected chi connectivity index (χ1v) is 8.40. The number of hydrogen-bond donors (Lipinski definition) is 0. The molecule has 0 N–H and O–H groups in total. The molecule has 118 valence electrons. The Morgan fingerprint density at radius 3 is 2.70 bits per heavy atom. The lowest BCUT2D eigenvalue weighted by Crippen LogP contribution is -2.07. The van der Waals surface area contributed by atoms with Crippen LogP contribution in [0.5, 0.6) is 0 Å². The van der Waals surface area contributed by atoms with E-state index < -0.39 is 0 Å². The first kappa shape index (κ1) is 15.8. The van der Waals surface area contributed by atoms with Crippen LogP contribution in [0.1, 0.15) is 32.9 Å². The van der Waals surface area contributed by atoms with Gasteiger partial charge in [-0.15, -0.1) is 0 Å². The smallest absolute Gasteiger partial charge is 0.338 e. The Hall–Kier alpha value is -2.07. The van der Waals surface area contributed by atoms with Gasteiger partial charge in [0.1, 0.15) is 5.76 Å². The summed E-state index contributed by atoms with van der Waals surface area (Å²) in [6, 6.07) is 15.4. The molecule has 4 heteroatoms. The maximum Gasteiger partial charge on any atom is 0.338 e. The monoisotopic (exact) mass is 372 g/mol. The van der Waals surface area contributed by atoms with Crippen LogP contribution >= 0.6 is 15.9 Å². The minimum absolute atomic E-state index is 0.00761. The molecule has 1 aromatic heterocycles. The van der Waals surface area contributed by atoms with Crippen molar-refractivity contribution in [3.05, 3.63) is 71.7 Å². The zero-order valence-electron chi connectivity index (χ0n) is 12.8. The first-order valence-electron chi connectivity index (χ1n) is 7.49. The minimum atomic E-state index is -0.297. The van der Waals surface area contributed by atoms with Crippen LogP contribution in [-0.4, -0.2) is 12.6 Å². The van der Waals surface area contributed by atoms with Gasteiger partial charge in [-0.2, -0.15) is 0 Å². The molecule has 2 aromatic carbocycles. The molecule has 0 saturated carbocycles. The van der Waals surface area contributed by atoms with Crippen LogP contribution in [0.3, 0.4) is 0 Å². The van der Waals surface area contributed by atoms with E-state index >= 15 is 0 Å². The van der Waals surface area contributed by atoms with Crippen molar-refractivity contribution in [1.82, 2.24) is 0 Å². The summed E-state index contributed by atoms with van der Waals surface area (Å²) in [5.41, 5.74) is 1.69. The molecule has 0 amide bonds. The second-order valence-electron chi connectivity index (χ2n) is 5.45. The lowest BCUT2D eigenvalue weighted by molar-refractivity contribution is 0.0499. The molecule has 0 aliphatic carbocycles. The van der Waals surface area contributed by atoms with Gasteiger partial charge in [0.05, 0.1) is 23.3 Å². The third-order valence-corrected chi connectivity index (χ3v) is 4.59. The Morgan fingerprint density at radius 1 is 1.17 bits per heavy atom. The fraction of sp³-hybridized carbons (Fsp3) is 0.211. The summed E-state index contributed by atoms with van der Waals surface area (Å²) in [7, 11) is 0. The highest BCUT2D eigenvalue weighted by Crippen LogP contribution is 2.33. The molecule has 0 radical (unpaired) electrons. The van der Waals surface area contributed by atoms with E-state index in [0.29, 0.717) is 18.6 Å². The van der Waals surface area contributed by atoms with Crippen LogP contribution in [0.15, 0.2) is 59.2 Å². The zero-order valence-corrected chi connectivity index (χ0v) is 14.4. The van der Waals surface area contributed by atoms with Crippen molar-refractivity contribution in [3.63, 3.8) is 0 Å². The van der Waals surface area contributed by atoms with Crippen molar-refractivity contribution in [2.24, 2.45) is 0 Å². The number of hydrogen-bond acceptors (Lipinski definition) is 3. The van der Waals surface area contributed by atoms with Crippen LogP contribution in [0.25, 0.3) is 10.8 Å². The van der Waals surface area contributed by atoms with Crippen molar-refractivity contribution in [3.8, 4) is 0 Å². The first-order chi connectivity index (χ1) is 11.1. The van der Waals surface area contributed by atoms with E-state index in [1.165, 1.54) is 0 Å². The fourth-order valence-corrected chi connectivity index (χ4v) is 2.96. The summed E-state index contributed by atoms with van der Waals surface area (Å²) in [5.74, 6) is 0.570. The molecule has 1 atom stereocenters. The molecule has 0 aliphatic rings. The van der Waals surface area contributed by atoms with Crippen molar-refractivity contribution >= 4 is 32.7 Å².